The van der Waals surface area contributed by atoms with Gasteiger partial charge in [-0.15, -0.1) is 24.0 Å². The van der Waals surface area contributed by atoms with Crippen molar-refractivity contribution in [3.8, 4) is 0 Å². The molecule has 0 atom stereocenters. The zero-order valence-corrected chi connectivity index (χ0v) is 11.9. The Kier molecular flexibility index (Phi) is 6.67. The van der Waals surface area contributed by atoms with E-state index in [0.29, 0.717) is 12.5 Å². The Morgan fingerprint density at radius 2 is 2.20 bits per heavy atom. The molecule has 0 spiro atoms. The van der Waals surface area contributed by atoms with Crippen LogP contribution in [0.15, 0.2) is 29.3 Å². The number of aliphatic imine (C=N–C) groups is 1. The van der Waals surface area contributed by atoms with Crippen LogP contribution in [0.3, 0.4) is 0 Å². The van der Waals surface area contributed by atoms with Crippen LogP contribution in [0, 0.1) is 0 Å². The van der Waals surface area contributed by atoms with Gasteiger partial charge in [0.2, 0.25) is 0 Å². The summed E-state index contributed by atoms with van der Waals surface area (Å²) < 4.78 is 0. The van der Waals surface area contributed by atoms with Crippen molar-refractivity contribution in [1.82, 2.24) is 4.90 Å². The summed E-state index contributed by atoms with van der Waals surface area (Å²) in [5, 5.41) is 0.739. The highest BCUT2D eigenvalue weighted by Crippen LogP contribution is 2.11. The van der Waals surface area contributed by atoms with Crippen molar-refractivity contribution in [3.05, 3.63) is 34.9 Å². The second kappa shape index (κ2) is 6.90. The van der Waals surface area contributed by atoms with Crippen LogP contribution in [-0.4, -0.2) is 25.0 Å². The number of guanidine groups is 1. The summed E-state index contributed by atoms with van der Waals surface area (Å²) in [4.78, 5) is 5.76. The fourth-order valence-electron chi connectivity index (χ4n) is 1.16. The molecular formula is C10H15ClIN3. The van der Waals surface area contributed by atoms with Gasteiger partial charge in [0.15, 0.2) is 5.96 Å². The third-order valence-corrected chi connectivity index (χ3v) is 2.16. The Morgan fingerprint density at radius 3 is 2.73 bits per heavy atom. The number of benzene rings is 1. The first kappa shape index (κ1) is 14.5. The van der Waals surface area contributed by atoms with E-state index in [0.717, 1.165) is 10.6 Å². The Bertz CT molecular complexity index is 341. The summed E-state index contributed by atoms with van der Waals surface area (Å²) in [6, 6.07) is 7.69. The summed E-state index contributed by atoms with van der Waals surface area (Å²) >= 11 is 5.86. The van der Waals surface area contributed by atoms with Gasteiger partial charge in [-0.2, -0.15) is 0 Å². The number of halogens is 2. The van der Waals surface area contributed by atoms with Gasteiger partial charge in [-0.25, -0.2) is 0 Å². The first-order valence-electron chi connectivity index (χ1n) is 4.31. The summed E-state index contributed by atoms with van der Waals surface area (Å²) in [5.74, 6) is 0.518. The predicted molar refractivity (Wildman–Crippen MR) is 75.9 cm³/mol. The van der Waals surface area contributed by atoms with Crippen molar-refractivity contribution >= 4 is 41.5 Å². The molecule has 0 aromatic heterocycles. The van der Waals surface area contributed by atoms with Crippen molar-refractivity contribution in [1.29, 1.82) is 0 Å². The van der Waals surface area contributed by atoms with Crippen molar-refractivity contribution < 1.29 is 0 Å². The zero-order chi connectivity index (χ0) is 10.6. The minimum atomic E-state index is 0. The Hall–Kier alpha value is -0.490. The standard InChI is InChI=1S/C10H14ClN3.HI/c1-13-10(12)14(2)7-8-4-3-5-9(11)6-8;/h3-6H,7H2,1-2H3,(H2,12,13);1H. The maximum absolute atomic E-state index is 5.86. The number of nitrogens with two attached hydrogens (primary N) is 1. The molecule has 0 saturated heterocycles. The van der Waals surface area contributed by atoms with E-state index in [9.17, 15) is 0 Å². The van der Waals surface area contributed by atoms with Gasteiger partial charge in [0.1, 0.15) is 0 Å². The predicted octanol–water partition coefficient (Wildman–Crippen LogP) is 2.33. The minimum absolute atomic E-state index is 0. The van der Waals surface area contributed by atoms with Crippen LogP contribution >= 0.6 is 35.6 Å². The van der Waals surface area contributed by atoms with Crippen LogP contribution in [0.1, 0.15) is 5.56 Å². The van der Waals surface area contributed by atoms with Crippen LogP contribution in [0.25, 0.3) is 0 Å². The monoisotopic (exact) mass is 339 g/mol. The highest BCUT2D eigenvalue weighted by atomic mass is 127. The third-order valence-electron chi connectivity index (χ3n) is 1.93. The van der Waals surface area contributed by atoms with Gasteiger partial charge in [-0.05, 0) is 17.7 Å². The van der Waals surface area contributed by atoms with E-state index in [2.05, 4.69) is 4.99 Å². The molecule has 2 N–H and O–H groups in total. The van der Waals surface area contributed by atoms with Gasteiger partial charge >= 0.3 is 0 Å². The molecule has 0 heterocycles. The van der Waals surface area contributed by atoms with Gasteiger partial charge in [-0.1, -0.05) is 23.7 Å². The van der Waals surface area contributed by atoms with E-state index in [1.165, 1.54) is 0 Å². The molecule has 0 saturated carbocycles. The maximum atomic E-state index is 5.86. The topological polar surface area (TPSA) is 41.6 Å². The zero-order valence-electron chi connectivity index (χ0n) is 8.77. The molecular weight excluding hydrogens is 324 g/mol. The quantitative estimate of drug-likeness (QED) is 0.510. The lowest BCUT2D eigenvalue weighted by atomic mass is 10.2. The SMILES string of the molecule is CN=C(N)N(C)Cc1cccc(Cl)c1.I. The normalized spacial score (nSPS) is 10.7. The molecule has 84 valence electrons. The smallest absolute Gasteiger partial charge is 0.191 e. The highest BCUT2D eigenvalue weighted by Gasteiger charge is 2.01. The molecule has 0 radical (unpaired) electrons. The summed E-state index contributed by atoms with van der Waals surface area (Å²) in [6.45, 7) is 0.712. The van der Waals surface area contributed by atoms with Crippen molar-refractivity contribution in [2.45, 2.75) is 6.54 Å². The summed E-state index contributed by atoms with van der Waals surface area (Å²) in [7, 11) is 3.56. The number of nitrogens with zero attached hydrogens (tertiary/aromatic N) is 2. The molecule has 3 nitrogen and oxygen atoms in total. The summed E-state index contributed by atoms with van der Waals surface area (Å²) in [6.07, 6.45) is 0. The fourth-order valence-corrected chi connectivity index (χ4v) is 1.37. The molecule has 1 aromatic carbocycles. The van der Waals surface area contributed by atoms with Crippen molar-refractivity contribution in [3.63, 3.8) is 0 Å². The van der Waals surface area contributed by atoms with Gasteiger partial charge in [0, 0.05) is 25.7 Å². The van der Waals surface area contributed by atoms with Crippen LogP contribution in [-0.2, 0) is 6.54 Å². The average molecular weight is 340 g/mol. The number of hydrogen-bond acceptors (Lipinski definition) is 1. The lowest BCUT2D eigenvalue weighted by molar-refractivity contribution is 0.494. The largest absolute Gasteiger partial charge is 0.370 e. The summed E-state index contributed by atoms with van der Waals surface area (Å²) in [5.41, 5.74) is 6.76. The Balaban J connectivity index is 0.00000196. The van der Waals surface area contributed by atoms with Gasteiger partial charge < -0.3 is 10.6 Å². The molecule has 1 aromatic rings. The molecule has 0 aliphatic rings. The molecule has 15 heavy (non-hydrogen) atoms. The molecule has 1 rings (SSSR count). The molecule has 0 unspecified atom stereocenters. The minimum Gasteiger partial charge on any atom is -0.370 e. The van der Waals surface area contributed by atoms with Gasteiger partial charge in [-0.3, -0.25) is 4.99 Å². The van der Waals surface area contributed by atoms with E-state index in [1.807, 2.05) is 36.2 Å². The van der Waals surface area contributed by atoms with Gasteiger partial charge in [0.25, 0.3) is 0 Å². The van der Waals surface area contributed by atoms with E-state index >= 15 is 0 Å². The molecule has 0 amide bonds. The van der Waals surface area contributed by atoms with Gasteiger partial charge in [0.05, 0.1) is 0 Å². The third kappa shape index (κ3) is 4.70. The second-order valence-corrected chi connectivity index (χ2v) is 3.50. The van der Waals surface area contributed by atoms with Crippen LogP contribution in [0.4, 0.5) is 0 Å². The van der Waals surface area contributed by atoms with Crippen LogP contribution in [0.5, 0.6) is 0 Å². The van der Waals surface area contributed by atoms with E-state index < -0.39 is 0 Å². The van der Waals surface area contributed by atoms with E-state index in [-0.39, 0.29) is 24.0 Å². The van der Waals surface area contributed by atoms with Crippen molar-refractivity contribution in [2.24, 2.45) is 10.7 Å². The molecule has 0 bridgehead atoms. The van der Waals surface area contributed by atoms with E-state index in [4.69, 9.17) is 17.3 Å². The Labute approximate surface area is 112 Å². The first-order valence-corrected chi connectivity index (χ1v) is 4.69. The average Bonchev–Trinajstić information content (AvgIpc) is 2.16. The lowest BCUT2D eigenvalue weighted by Gasteiger charge is -2.17. The molecule has 0 aliphatic heterocycles. The van der Waals surface area contributed by atoms with Crippen LogP contribution < -0.4 is 5.73 Å². The lowest BCUT2D eigenvalue weighted by Crippen LogP contribution is -2.33. The number of hydrogen-bond donors (Lipinski definition) is 1. The number of rotatable bonds is 2. The fraction of sp³-hybridized carbons (Fsp3) is 0.300. The maximum Gasteiger partial charge on any atom is 0.191 e. The molecule has 0 fully saturated rings. The second-order valence-electron chi connectivity index (χ2n) is 3.07. The Morgan fingerprint density at radius 1 is 1.53 bits per heavy atom. The van der Waals surface area contributed by atoms with E-state index in [1.54, 1.807) is 7.05 Å². The molecule has 5 heteroatoms. The van der Waals surface area contributed by atoms with Crippen molar-refractivity contribution in [2.75, 3.05) is 14.1 Å². The van der Waals surface area contributed by atoms with Crippen LogP contribution in [0.2, 0.25) is 5.02 Å². The first-order chi connectivity index (χ1) is 6.63. The molecule has 0 aliphatic carbocycles. The highest BCUT2D eigenvalue weighted by molar-refractivity contribution is 14.0.